The molecule has 2 heterocycles. The van der Waals surface area contributed by atoms with Crippen molar-refractivity contribution in [3.05, 3.63) is 56.6 Å². The Hall–Kier alpha value is -2.52. The summed E-state index contributed by atoms with van der Waals surface area (Å²) in [5, 5.41) is 3.33. The minimum Gasteiger partial charge on any atom is -0.379 e. The van der Waals surface area contributed by atoms with E-state index in [2.05, 4.69) is 21.2 Å². The number of carbonyl (C=O) groups is 3. The zero-order chi connectivity index (χ0) is 22.8. The number of nitrogens with one attached hydrogen (secondary N) is 1. The molecule has 3 aromatic rings. The van der Waals surface area contributed by atoms with Gasteiger partial charge in [-0.05, 0) is 40.5 Å². The van der Waals surface area contributed by atoms with E-state index in [1.165, 1.54) is 0 Å². The number of rotatable bonds is 9. The van der Waals surface area contributed by atoms with E-state index in [-0.39, 0.29) is 11.1 Å². The Bertz CT molecular complexity index is 1240. The summed E-state index contributed by atoms with van der Waals surface area (Å²) in [7, 11) is 0. The molecule has 0 saturated carbocycles. The molecule has 0 aliphatic carbocycles. The Morgan fingerprint density at radius 3 is 2.50 bits per heavy atom. The van der Waals surface area contributed by atoms with E-state index in [4.69, 9.17) is 21.1 Å². The lowest BCUT2D eigenvalue weighted by molar-refractivity contribution is 0.0498. The molecule has 0 unspecified atom stereocenters. The van der Waals surface area contributed by atoms with Gasteiger partial charge in [-0.1, -0.05) is 29.8 Å². The molecule has 9 heteroatoms. The van der Waals surface area contributed by atoms with Crippen LogP contribution in [0.15, 0.2) is 34.8 Å². The number of hydrogen-bond acceptors (Lipinski definition) is 5. The summed E-state index contributed by atoms with van der Waals surface area (Å²) in [6.45, 7) is 4.16. The average Bonchev–Trinajstić information content (AvgIpc) is 3.23. The smallest absolute Gasteiger partial charge is 0.259 e. The molecular weight excluding hydrogens is 500 g/mol. The second-order valence-electron chi connectivity index (χ2n) is 7.11. The van der Waals surface area contributed by atoms with Gasteiger partial charge in [0.2, 0.25) is 0 Å². The number of fused-ring (bicyclic) bond motifs is 3. The van der Waals surface area contributed by atoms with Gasteiger partial charge in [-0.2, -0.15) is 0 Å². The molecular formula is C23H20BrClN2O5. The van der Waals surface area contributed by atoms with Crippen LogP contribution in [0.3, 0.4) is 0 Å². The molecule has 7 nitrogen and oxygen atoms in total. The molecule has 0 atom stereocenters. The highest BCUT2D eigenvalue weighted by atomic mass is 79.9. The lowest BCUT2D eigenvalue weighted by atomic mass is 9.94. The monoisotopic (exact) mass is 518 g/mol. The van der Waals surface area contributed by atoms with E-state index in [0.717, 1.165) is 6.29 Å². The largest absolute Gasteiger partial charge is 0.379 e. The van der Waals surface area contributed by atoms with Crippen LogP contribution in [0.25, 0.3) is 22.0 Å². The summed E-state index contributed by atoms with van der Waals surface area (Å²) in [6, 6.07) is 8.91. The van der Waals surface area contributed by atoms with Crippen molar-refractivity contribution in [3.63, 3.8) is 0 Å². The molecule has 1 aromatic heterocycles. The maximum absolute atomic E-state index is 12.8. The molecule has 2 amide bonds. The molecule has 4 rings (SSSR count). The van der Waals surface area contributed by atoms with E-state index in [9.17, 15) is 14.4 Å². The first-order chi connectivity index (χ1) is 15.5. The lowest BCUT2D eigenvalue weighted by Gasteiger charge is -2.12. The summed E-state index contributed by atoms with van der Waals surface area (Å²) in [5.41, 5.74) is 2.63. The zero-order valence-electron chi connectivity index (χ0n) is 17.2. The molecule has 0 spiro atoms. The predicted octanol–water partition coefficient (Wildman–Crippen LogP) is 4.47. The van der Waals surface area contributed by atoms with Crippen LogP contribution in [0, 0.1) is 0 Å². The van der Waals surface area contributed by atoms with Crippen LogP contribution in [-0.4, -0.2) is 49.1 Å². The van der Waals surface area contributed by atoms with Crippen LogP contribution < -0.4 is 5.32 Å². The third-order valence-corrected chi connectivity index (χ3v) is 6.46. The van der Waals surface area contributed by atoms with Crippen molar-refractivity contribution in [3.8, 4) is 11.1 Å². The minimum atomic E-state index is -0.507. The highest BCUT2D eigenvalue weighted by molar-refractivity contribution is 9.10. The number of amides is 2. The lowest BCUT2D eigenvalue weighted by Crippen LogP contribution is -2.20. The number of aldehydes is 1. The standard InChI is InChI=1S/C23H20BrClN2O5/c1-2-31-9-10-32-8-7-27-16-11-14(13-5-3-4-6-15(13)25)18-20(23(30)26-22(18)29)19(16)21(24)17(27)12-28/h3-6,11-12H,2,7-10H2,1H3,(H,26,29,30). The Balaban J connectivity index is 1.89. The van der Waals surface area contributed by atoms with Crippen molar-refractivity contribution in [2.75, 3.05) is 26.4 Å². The Morgan fingerprint density at radius 2 is 1.78 bits per heavy atom. The number of benzene rings is 2. The number of nitrogens with zero attached hydrogens (tertiary/aromatic N) is 1. The van der Waals surface area contributed by atoms with Crippen LogP contribution in [0.2, 0.25) is 5.02 Å². The molecule has 0 saturated heterocycles. The SMILES string of the molecule is CCOCCOCCn1c(C=O)c(Br)c2c3c(c(-c4ccccc4Cl)cc21)C(=O)NC3=O. The predicted molar refractivity (Wildman–Crippen MR) is 125 cm³/mol. The maximum Gasteiger partial charge on any atom is 0.259 e. The number of halogens is 2. The summed E-state index contributed by atoms with van der Waals surface area (Å²) in [5.74, 6) is -0.999. The van der Waals surface area contributed by atoms with Crippen LogP contribution in [0.4, 0.5) is 0 Å². The van der Waals surface area contributed by atoms with Crippen molar-refractivity contribution in [1.29, 1.82) is 0 Å². The normalized spacial score (nSPS) is 13.0. The molecule has 1 aliphatic rings. The quantitative estimate of drug-likeness (QED) is 0.256. The molecule has 0 bridgehead atoms. The topological polar surface area (TPSA) is 86.6 Å². The van der Waals surface area contributed by atoms with Crippen molar-refractivity contribution < 1.29 is 23.9 Å². The fourth-order valence-electron chi connectivity index (χ4n) is 3.94. The third kappa shape index (κ3) is 3.88. The van der Waals surface area contributed by atoms with Gasteiger partial charge in [0.1, 0.15) is 0 Å². The highest BCUT2D eigenvalue weighted by Crippen LogP contribution is 2.42. The fraction of sp³-hybridized carbons (Fsp3) is 0.261. The number of carbonyl (C=O) groups excluding carboxylic acids is 3. The summed E-state index contributed by atoms with van der Waals surface area (Å²) < 4.78 is 13.1. The van der Waals surface area contributed by atoms with Crippen molar-refractivity contribution in [2.24, 2.45) is 0 Å². The van der Waals surface area contributed by atoms with Crippen LogP contribution in [-0.2, 0) is 16.0 Å². The number of hydrogen-bond donors (Lipinski definition) is 1. The fourth-order valence-corrected chi connectivity index (χ4v) is 4.89. The summed E-state index contributed by atoms with van der Waals surface area (Å²) in [6.07, 6.45) is 0.723. The van der Waals surface area contributed by atoms with Gasteiger partial charge in [-0.25, -0.2) is 0 Å². The summed E-state index contributed by atoms with van der Waals surface area (Å²) >= 11 is 9.89. The van der Waals surface area contributed by atoms with Gasteiger partial charge in [0.15, 0.2) is 6.29 Å². The van der Waals surface area contributed by atoms with Crippen LogP contribution in [0.1, 0.15) is 38.1 Å². The molecule has 32 heavy (non-hydrogen) atoms. The maximum atomic E-state index is 12.8. The van der Waals surface area contributed by atoms with Crippen molar-refractivity contribution in [1.82, 2.24) is 9.88 Å². The van der Waals surface area contributed by atoms with E-state index in [1.54, 1.807) is 28.8 Å². The first-order valence-corrected chi connectivity index (χ1v) is 11.3. The van der Waals surface area contributed by atoms with E-state index < -0.39 is 11.8 Å². The first kappa shape index (κ1) is 22.7. The van der Waals surface area contributed by atoms with E-state index in [1.807, 2.05) is 13.0 Å². The molecule has 166 valence electrons. The zero-order valence-corrected chi connectivity index (χ0v) is 19.6. The Kier molecular flexibility index (Phi) is 6.76. The van der Waals surface area contributed by atoms with Crippen molar-refractivity contribution >= 4 is 56.5 Å². The first-order valence-electron chi connectivity index (χ1n) is 10.1. The second-order valence-corrected chi connectivity index (χ2v) is 8.31. The third-order valence-electron chi connectivity index (χ3n) is 5.32. The van der Waals surface area contributed by atoms with E-state index in [0.29, 0.717) is 70.2 Å². The molecule has 0 fully saturated rings. The molecule has 2 aromatic carbocycles. The Morgan fingerprint density at radius 1 is 1.06 bits per heavy atom. The number of ether oxygens (including phenoxy) is 2. The van der Waals surface area contributed by atoms with Gasteiger partial charge in [0, 0.05) is 29.1 Å². The highest BCUT2D eigenvalue weighted by Gasteiger charge is 2.35. The van der Waals surface area contributed by atoms with Gasteiger partial charge in [0.25, 0.3) is 11.8 Å². The minimum absolute atomic E-state index is 0.230. The number of imide groups is 1. The average molecular weight is 520 g/mol. The molecule has 1 aliphatic heterocycles. The van der Waals surface area contributed by atoms with Gasteiger partial charge >= 0.3 is 0 Å². The van der Waals surface area contributed by atoms with Gasteiger partial charge in [0.05, 0.1) is 46.6 Å². The van der Waals surface area contributed by atoms with E-state index >= 15 is 0 Å². The second kappa shape index (κ2) is 9.54. The van der Waals surface area contributed by atoms with Crippen LogP contribution in [0.5, 0.6) is 0 Å². The van der Waals surface area contributed by atoms with Gasteiger partial charge in [-0.3, -0.25) is 19.7 Å². The summed E-state index contributed by atoms with van der Waals surface area (Å²) in [4.78, 5) is 37.4. The number of aromatic nitrogens is 1. The molecule has 1 N–H and O–H groups in total. The van der Waals surface area contributed by atoms with Crippen LogP contribution >= 0.6 is 27.5 Å². The van der Waals surface area contributed by atoms with Gasteiger partial charge in [-0.15, -0.1) is 0 Å². The van der Waals surface area contributed by atoms with Crippen molar-refractivity contribution in [2.45, 2.75) is 13.5 Å². The van der Waals surface area contributed by atoms with Gasteiger partial charge < -0.3 is 14.0 Å². The molecule has 0 radical (unpaired) electrons. The Labute approximate surface area is 197 Å².